The average Bonchev–Trinajstić information content (AvgIpc) is 3.03. The van der Waals surface area contributed by atoms with Crippen LogP contribution in [0.15, 0.2) is 35.7 Å². The second kappa shape index (κ2) is 9.00. The van der Waals surface area contributed by atoms with Crippen LogP contribution in [0, 0.1) is 0 Å². The van der Waals surface area contributed by atoms with Crippen molar-refractivity contribution in [1.82, 2.24) is 5.32 Å². The number of imide groups is 1. The number of hydrogen-bond acceptors (Lipinski definition) is 6. The third kappa shape index (κ3) is 5.32. The van der Waals surface area contributed by atoms with E-state index in [2.05, 4.69) is 15.4 Å². The maximum Gasteiger partial charge on any atom is 0.414 e. The lowest BCUT2D eigenvalue weighted by Gasteiger charge is -2.10. The van der Waals surface area contributed by atoms with Crippen molar-refractivity contribution in [1.29, 1.82) is 0 Å². The number of carbonyl (C=O) groups excluding carboxylic acids is 3. The van der Waals surface area contributed by atoms with Gasteiger partial charge in [-0.3, -0.25) is 14.9 Å². The SMILES string of the molecule is CCOC(=O)NC(=O)c1ccsc1NC(=O)c1ccc(OC(C)C)cc1. The van der Waals surface area contributed by atoms with Gasteiger partial charge in [0.2, 0.25) is 0 Å². The normalized spacial score (nSPS) is 10.3. The van der Waals surface area contributed by atoms with Gasteiger partial charge in [0.15, 0.2) is 0 Å². The predicted octanol–water partition coefficient (Wildman–Crippen LogP) is 3.67. The molecule has 1 heterocycles. The Hall–Kier alpha value is -2.87. The van der Waals surface area contributed by atoms with E-state index in [0.29, 0.717) is 16.3 Å². The highest BCUT2D eigenvalue weighted by Gasteiger charge is 2.18. The molecule has 0 aliphatic heterocycles. The van der Waals surface area contributed by atoms with Crippen LogP contribution in [0.2, 0.25) is 0 Å². The van der Waals surface area contributed by atoms with Crippen molar-refractivity contribution in [3.63, 3.8) is 0 Å². The van der Waals surface area contributed by atoms with E-state index in [0.717, 1.165) is 0 Å². The molecule has 2 rings (SSSR count). The smallest absolute Gasteiger partial charge is 0.414 e. The van der Waals surface area contributed by atoms with E-state index in [1.807, 2.05) is 13.8 Å². The monoisotopic (exact) mass is 376 g/mol. The molecule has 8 heteroatoms. The molecule has 2 N–H and O–H groups in total. The van der Waals surface area contributed by atoms with Gasteiger partial charge in [-0.2, -0.15) is 0 Å². The lowest BCUT2D eigenvalue weighted by Crippen LogP contribution is -2.31. The number of thiophene rings is 1. The van der Waals surface area contributed by atoms with Gasteiger partial charge in [-0.25, -0.2) is 4.79 Å². The third-order valence-electron chi connectivity index (χ3n) is 3.12. The molecule has 0 saturated carbocycles. The quantitative estimate of drug-likeness (QED) is 0.802. The first-order chi connectivity index (χ1) is 12.4. The molecule has 0 bridgehead atoms. The van der Waals surface area contributed by atoms with E-state index in [1.54, 1.807) is 36.6 Å². The summed E-state index contributed by atoms with van der Waals surface area (Å²) in [4.78, 5) is 35.8. The van der Waals surface area contributed by atoms with Crippen LogP contribution in [0.5, 0.6) is 5.75 Å². The predicted molar refractivity (Wildman–Crippen MR) is 99.0 cm³/mol. The van der Waals surface area contributed by atoms with E-state index in [-0.39, 0.29) is 24.2 Å². The van der Waals surface area contributed by atoms with E-state index < -0.39 is 12.0 Å². The molecule has 7 nitrogen and oxygen atoms in total. The summed E-state index contributed by atoms with van der Waals surface area (Å²) >= 11 is 1.18. The van der Waals surface area contributed by atoms with Crippen LogP contribution in [0.3, 0.4) is 0 Å². The number of rotatable bonds is 6. The Balaban J connectivity index is 2.05. The summed E-state index contributed by atoms with van der Waals surface area (Å²) in [5, 5.41) is 6.77. The van der Waals surface area contributed by atoms with E-state index >= 15 is 0 Å². The standard InChI is InChI=1S/C18H20N2O5S/c1-4-24-18(23)20-16(22)14-9-10-26-17(14)19-15(21)12-5-7-13(8-6-12)25-11(2)3/h5-11H,4H2,1-3H3,(H,19,21)(H,20,22,23). The fourth-order valence-electron chi connectivity index (χ4n) is 2.04. The summed E-state index contributed by atoms with van der Waals surface area (Å²) in [6, 6.07) is 8.21. The molecule has 0 saturated heterocycles. The highest BCUT2D eigenvalue weighted by molar-refractivity contribution is 7.14. The molecule has 0 aliphatic carbocycles. The molecular weight excluding hydrogens is 356 g/mol. The van der Waals surface area contributed by atoms with Crippen LogP contribution < -0.4 is 15.4 Å². The summed E-state index contributed by atoms with van der Waals surface area (Å²) in [6.45, 7) is 5.63. The molecular formula is C18H20N2O5S. The van der Waals surface area contributed by atoms with Gasteiger partial charge >= 0.3 is 6.09 Å². The summed E-state index contributed by atoms with van der Waals surface area (Å²) < 4.78 is 10.2. The fraction of sp³-hybridized carbons (Fsp3) is 0.278. The third-order valence-corrected chi connectivity index (χ3v) is 3.95. The van der Waals surface area contributed by atoms with Crippen molar-refractivity contribution in [2.45, 2.75) is 26.9 Å². The van der Waals surface area contributed by atoms with E-state index in [9.17, 15) is 14.4 Å². The van der Waals surface area contributed by atoms with Crippen LogP contribution in [-0.4, -0.2) is 30.6 Å². The summed E-state index contributed by atoms with van der Waals surface area (Å²) in [5.41, 5.74) is 0.613. The number of amides is 3. The molecule has 0 fully saturated rings. The van der Waals surface area contributed by atoms with E-state index in [4.69, 9.17) is 4.74 Å². The minimum Gasteiger partial charge on any atom is -0.491 e. The van der Waals surface area contributed by atoms with Gasteiger partial charge in [-0.15, -0.1) is 11.3 Å². The van der Waals surface area contributed by atoms with E-state index in [1.165, 1.54) is 17.4 Å². The largest absolute Gasteiger partial charge is 0.491 e. The van der Waals surface area contributed by atoms with Crippen molar-refractivity contribution in [3.05, 3.63) is 46.8 Å². The fourth-order valence-corrected chi connectivity index (χ4v) is 2.82. The Kier molecular flexibility index (Phi) is 6.74. The van der Waals surface area contributed by atoms with Crippen molar-refractivity contribution >= 4 is 34.2 Å². The lowest BCUT2D eigenvalue weighted by molar-refractivity contribution is 0.0926. The molecule has 3 amide bonds. The van der Waals surface area contributed by atoms with Crippen LogP contribution in [0.25, 0.3) is 0 Å². The second-order valence-corrected chi connectivity index (χ2v) is 6.40. The number of benzene rings is 1. The Bertz CT molecular complexity index is 783. The van der Waals surface area contributed by atoms with Gasteiger partial charge in [0, 0.05) is 5.56 Å². The van der Waals surface area contributed by atoms with Crippen LogP contribution in [-0.2, 0) is 4.74 Å². The first-order valence-corrected chi connectivity index (χ1v) is 8.92. The minimum atomic E-state index is -0.832. The molecule has 0 unspecified atom stereocenters. The Morgan fingerprint density at radius 1 is 1.08 bits per heavy atom. The van der Waals surface area contributed by atoms with Gasteiger partial charge in [0.05, 0.1) is 18.3 Å². The van der Waals surface area contributed by atoms with Gasteiger partial charge in [0.1, 0.15) is 10.8 Å². The number of carbonyl (C=O) groups is 3. The first-order valence-electron chi connectivity index (χ1n) is 8.04. The van der Waals surface area contributed by atoms with Crippen molar-refractivity contribution in [2.24, 2.45) is 0 Å². The summed E-state index contributed by atoms with van der Waals surface area (Å²) in [7, 11) is 0. The molecule has 1 aromatic heterocycles. The zero-order valence-corrected chi connectivity index (χ0v) is 15.5. The maximum absolute atomic E-state index is 12.4. The Morgan fingerprint density at radius 2 is 1.77 bits per heavy atom. The van der Waals surface area contributed by atoms with Gasteiger partial charge in [-0.1, -0.05) is 0 Å². The van der Waals surface area contributed by atoms with Gasteiger partial charge in [-0.05, 0) is 56.5 Å². The van der Waals surface area contributed by atoms with Crippen LogP contribution in [0.4, 0.5) is 9.80 Å². The molecule has 2 aromatic rings. The highest BCUT2D eigenvalue weighted by Crippen LogP contribution is 2.24. The summed E-state index contributed by atoms with van der Waals surface area (Å²) in [6.07, 6.45) is -0.789. The molecule has 0 aliphatic rings. The lowest BCUT2D eigenvalue weighted by atomic mass is 10.2. The maximum atomic E-state index is 12.4. The second-order valence-electron chi connectivity index (χ2n) is 5.48. The number of alkyl carbamates (subject to hydrolysis) is 1. The van der Waals surface area contributed by atoms with Crippen molar-refractivity contribution in [3.8, 4) is 5.75 Å². The number of anilines is 1. The van der Waals surface area contributed by atoms with Crippen LogP contribution >= 0.6 is 11.3 Å². The number of hydrogen-bond donors (Lipinski definition) is 2. The molecule has 0 atom stereocenters. The first kappa shape index (κ1) is 19.5. The van der Waals surface area contributed by atoms with Crippen LogP contribution in [0.1, 0.15) is 41.5 Å². The number of nitrogens with one attached hydrogen (secondary N) is 2. The molecule has 0 spiro atoms. The molecule has 138 valence electrons. The summed E-state index contributed by atoms with van der Waals surface area (Å²) in [5.74, 6) is -0.336. The van der Waals surface area contributed by atoms with Gasteiger partial charge in [0.25, 0.3) is 11.8 Å². The molecule has 1 aromatic carbocycles. The zero-order valence-electron chi connectivity index (χ0n) is 14.7. The molecule has 26 heavy (non-hydrogen) atoms. The topological polar surface area (TPSA) is 93.7 Å². The molecule has 0 radical (unpaired) electrons. The van der Waals surface area contributed by atoms with Crippen molar-refractivity contribution in [2.75, 3.05) is 11.9 Å². The number of ether oxygens (including phenoxy) is 2. The average molecular weight is 376 g/mol. The zero-order chi connectivity index (χ0) is 19.1. The Morgan fingerprint density at radius 3 is 2.38 bits per heavy atom. The van der Waals surface area contributed by atoms with Crippen molar-refractivity contribution < 1.29 is 23.9 Å². The Labute approximate surface area is 155 Å². The highest BCUT2D eigenvalue weighted by atomic mass is 32.1. The minimum absolute atomic E-state index is 0.0428. The van der Waals surface area contributed by atoms with Gasteiger partial charge < -0.3 is 14.8 Å².